The summed E-state index contributed by atoms with van der Waals surface area (Å²) in [6, 6.07) is 9.72. The Morgan fingerprint density at radius 1 is 1.40 bits per heavy atom. The number of hydrogen-bond donors (Lipinski definition) is 2. The Morgan fingerprint density at radius 2 is 2.13 bits per heavy atom. The monoisotopic (exact) mass is 201 g/mol. The molecule has 1 saturated heterocycles. The molecule has 1 aromatic carbocycles. The molecule has 2 N–H and O–H groups in total. The summed E-state index contributed by atoms with van der Waals surface area (Å²) < 4.78 is 0. The second-order valence-corrected chi connectivity index (χ2v) is 4.30. The van der Waals surface area contributed by atoms with Crippen LogP contribution in [0.1, 0.15) is 18.9 Å². The molecule has 1 aliphatic heterocycles. The van der Waals surface area contributed by atoms with E-state index in [-0.39, 0.29) is 5.54 Å². The predicted molar refractivity (Wildman–Crippen MR) is 60.7 cm³/mol. The van der Waals surface area contributed by atoms with Gasteiger partial charge in [-0.1, -0.05) is 0 Å². The first-order chi connectivity index (χ1) is 7.22. The Kier molecular flexibility index (Phi) is 2.61. The number of rotatable bonds is 2. The van der Waals surface area contributed by atoms with Crippen molar-refractivity contribution in [2.24, 2.45) is 0 Å². The quantitative estimate of drug-likeness (QED) is 0.766. The highest BCUT2D eigenvalue weighted by Crippen LogP contribution is 2.21. The van der Waals surface area contributed by atoms with Crippen LogP contribution in [-0.4, -0.2) is 18.6 Å². The summed E-state index contributed by atoms with van der Waals surface area (Å²) in [6.45, 7) is 4.28. The second-order valence-electron chi connectivity index (χ2n) is 4.30. The number of hydrogen-bond acceptors (Lipinski definition) is 3. The van der Waals surface area contributed by atoms with Gasteiger partial charge < -0.3 is 10.6 Å². The Hall–Kier alpha value is -1.53. The lowest BCUT2D eigenvalue weighted by Crippen LogP contribution is -2.36. The van der Waals surface area contributed by atoms with Gasteiger partial charge >= 0.3 is 0 Å². The molecule has 1 atom stereocenters. The van der Waals surface area contributed by atoms with Crippen LogP contribution in [0.5, 0.6) is 0 Å². The van der Waals surface area contributed by atoms with Crippen molar-refractivity contribution in [2.45, 2.75) is 18.9 Å². The third kappa shape index (κ3) is 2.28. The fraction of sp³-hybridized carbons (Fsp3) is 0.417. The van der Waals surface area contributed by atoms with E-state index < -0.39 is 0 Å². The molecular weight excluding hydrogens is 186 g/mol. The van der Waals surface area contributed by atoms with Crippen molar-refractivity contribution in [1.82, 2.24) is 5.32 Å². The van der Waals surface area contributed by atoms with E-state index in [2.05, 4.69) is 23.6 Å². The minimum atomic E-state index is 0.147. The molecule has 0 radical (unpaired) electrons. The van der Waals surface area contributed by atoms with E-state index in [0.29, 0.717) is 5.56 Å². The first kappa shape index (κ1) is 10.0. The van der Waals surface area contributed by atoms with Crippen molar-refractivity contribution >= 4 is 5.69 Å². The van der Waals surface area contributed by atoms with Crippen LogP contribution in [-0.2, 0) is 0 Å². The van der Waals surface area contributed by atoms with Crippen molar-refractivity contribution < 1.29 is 0 Å². The standard InChI is InChI=1S/C12H15N3/c1-12(6-7-14-9-12)15-11-4-2-10(8-13)3-5-11/h2-5,14-15H,6-7,9H2,1H3. The van der Waals surface area contributed by atoms with Crippen LogP contribution in [0.3, 0.4) is 0 Å². The number of nitrogens with zero attached hydrogens (tertiary/aromatic N) is 1. The minimum Gasteiger partial charge on any atom is -0.379 e. The molecular formula is C12H15N3. The molecule has 0 aliphatic carbocycles. The van der Waals surface area contributed by atoms with Crippen LogP contribution < -0.4 is 10.6 Å². The molecule has 2 rings (SSSR count). The van der Waals surface area contributed by atoms with E-state index in [9.17, 15) is 0 Å². The summed E-state index contributed by atoms with van der Waals surface area (Å²) >= 11 is 0. The zero-order valence-corrected chi connectivity index (χ0v) is 8.88. The molecule has 1 aliphatic rings. The Bertz CT molecular complexity index is 369. The van der Waals surface area contributed by atoms with Crippen LogP contribution in [0.2, 0.25) is 0 Å². The summed E-state index contributed by atoms with van der Waals surface area (Å²) in [5.74, 6) is 0. The number of benzene rings is 1. The summed E-state index contributed by atoms with van der Waals surface area (Å²) in [4.78, 5) is 0. The molecule has 0 aromatic heterocycles. The molecule has 0 bridgehead atoms. The minimum absolute atomic E-state index is 0.147. The van der Waals surface area contributed by atoms with Gasteiger partial charge in [-0.25, -0.2) is 0 Å². The van der Waals surface area contributed by atoms with Gasteiger partial charge in [-0.05, 0) is 44.2 Å². The van der Waals surface area contributed by atoms with E-state index in [1.165, 1.54) is 0 Å². The molecule has 0 spiro atoms. The van der Waals surface area contributed by atoms with Gasteiger partial charge in [0.1, 0.15) is 0 Å². The van der Waals surface area contributed by atoms with E-state index in [1.807, 2.05) is 24.3 Å². The van der Waals surface area contributed by atoms with Gasteiger partial charge in [0.25, 0.3) is 0 Å². The largest absolute Gasteiger partial charge is 0.379 e. The lowest BCUT2D eigenvalue weighted by atomic mass is 10.0. The van der Waals surface area contributed by atoms with E-state index in [1.54, 1.807) is 0 Å². The Labute approximate surface area is 90.1 Å². The number of nitriles is 1. The summed E-state index contributed by atoms with van der Waals surface area (Å²) in [6.07, 6.45) is 1.13. The van der Waals surface area contributed by atoms with Gasteiger partial charge in [-0.3, -0.25) is 0 Å². The van der Waals surface area contributed by atoms with Crippen LogP contribution in [0.4, 0.5) is 5.69 Å². The molecule has 3 nitrogen and oxygen atoms in total. The first-order valence-corrected chi connectivity index (χ1v) is 5.21. The highest BCUT2D eigenvalue weighted by atomic mass is 15.1. The third-order valence-corrected chi connectivity index (χ3v) is 2.83. The van der Waals surface area contributed by atoms with Crippen LogP contribution in [0.25, 0.3) is 0 Å². The predicted octanol–water partition coefficient (Wildman–Crippen LogP) is 1.72. The van der Waals surface area contributed by atoms with Gasteiger partial charge in [-0.2, -0.15) is 5.26 Å². The summed E-state index contributed by atoms with van der Waals surface area (Å²) in [7, 11) is 0. The van der Waals surface area contributed by atoms with Gasteiger partial charge in [0.15, 0.2) is 0 Å². The molecule has 3 heteroatoms. The molecule has 0 saturated carbocycles. The average Bonchev–Trinajstić information content (AvgIpc) is 2.66. The molecule has 1 aromatic rings. The Balaban J connectivity index is 2.08. The third-order valence-electron chi connectivity index (χ3n) is 2.83. The fourth-order valence-corrected chi connectivity index (χ4v) is 1.90. The normalized spacial score (nSPS) is 24.8. The maximum atomic E-state index is 8.68. The van der Waals surface area contributed by atoms with E-state index in [0.717, 1.165) is 25.2 Å². The maximum absolute atomic E-state index is 8.68. The average molecular weight is 201 g/mol. The van der Waals surface area contributed by atoms with Crippen molar-refractivity contribution in [3.63, 3.8) is 0 Å². The van der Waals surface area contributed by atoms with E-state index in [4.69, 9.17) is 5.26 Å². The van der Waals surface area contributed by atoms with Crippen LogP contribution >= 0.6 is 0 Å². The lowest BCUT2D eigenvalue weighted by molar-refractivity contribution is 0.567. The molecule has 0 amide bonds. The number of anilines is 1. The topological polar surface area (TPSA) is 47.9 Å². The smallest absolute Gasteiger partial charge is 0.0991 e. The van der Waals surface area contributed by atoms with E-state index >= 15 is 0 Å². The van der Waals surface area contributed by atoms with Crippen molar-refractivity contribution in [1.29, 1.82) is 5.26 Å². The maximum Gasteiger partial charge on any atom is 0.0991 e. The fourth-order valence-electron chi connectivity index (χ4n) is 1.90. The highest BCUT2D eigenvalue weighted by Gasteiger charge is 2.27. The van der Waals surface area contributed by atoms with Crippen molar-refractivity contribution in [2.75, 3.05) is 18.4 Å². The van der Waals surface area contributed by atoms with Crippen LogP contribution in [0.15, 0.2) is 24.3 Å². The molecule has 1 fully saturated rings. The summed E-state index contributed by atoms with van der Waals surface area (Å²) in [5, 5.41) is 15.5. The molecule has 15 heavy (non-hydrogen) atoms. The SMILES string of the molecule is CC1(Nc2ccc(C#N)cc2)CCNC1. The van der Waals surface area contributed by atoms with Crippen LogP contribution in [0, 0.1) is 11.3 Å². The van der Waals surface area contributed by atoms with Crippen molar-refractivity contribution in [3.05, 3.63) is 29.8 Å². The van der Waals surface area contributed by atoms with Gasteiger partial charge in [0.05, 0.1) is 11.6 Å². The summed E-state index contributed by atoms with van der Waals surface area (Å²) in [5.41, 5.74) is 1.93. The zero-order valence-electron chi connectivity index (χ0n) is 8.88. The van der Waals surface area contributed by atoms with Gasteiger partial charge in [-0.15, -0.1) is 0 Å². The van der Waals surface area contributed by atoms with Gasteiger partial charge in [0.2, 0.25) is 0 Å². The van der Waals surface area contributed by atoms with Gasteiger partial charge in [0, 0.05) is 17.8 Å². The lowest BCUT2D eigenvalue weighted by Gasteiger charge is -2.25. The zero-order chi connectivity index (χ0) is 10.7. The molecule has 1 heterocycles. The second kappa shape index (κ2) is 3.92. The number of nitrogens with one attached hydrogen (secondary N) is 2. The van der Waals surface area contributed by atoms with Crippen molar-refractivity contribution in [3.8, 4) is 6.07 Å². The first-order valence-electron chi connectivity index (χ1n) is 5.21. The molecule has 78 valence electrons. The molecule has 1 unspecified atom stereocenters. The Morgan fingerprint density at radius 3 is 2.67 bits per heavy atom. The highest BCUT2D eigenvalue weighted by molar-refractivity contribution is 5.49.